The molecule has 1 rings (SSSR count). The Hall–Kier alpha value is -0.860. The molecular weight excluding hydrogens is 188 g/mol. The number of hydrogen-bond acceptors (Lipinski definition) is 2. The SMILES string of the molecule is CC[C@@](O)(Cl)C(=O)c1ccccc1. The van der Waals surface area contributed by atoms with Crippen LogP contribution >= 0.6 is 11.6 Å². The Labute approximate surface area is 82.2 Å². The molecule has 0 unspecified atom stereocenters. The van der Waals surface area contributed by atoms with E-state index in [-0.39, 0.29) is 6.42 Å². The molecule has 0 radical (unpaired) electrons. The number of Topliss-reactive ketones (excluding diaryl/α,β-unsaturated/α-hetero) is 1. The fourth-order valence-corrected chi connectivity index (χ4v) is 1.08. The molecule has 0 aromatic heterocycles. The van der Waals surface area contributed by atoms with Crippen LogP contribution in [0, 0.1) is 0 Å². The van der Waals surface area contributed by atoms with Gasteiger partial charge in [0.25, 0.3) is 0 Å². The van der Waals surface area contributed by atoms with Gasteiger partial charge in [-0.15, -0.1) is 0 Å². The summed E-state index contributed by atoms with van der Waals surface area (Å²) >= 11 is 5.61. The van der Waals surface area contributed by atoms with Crippen molar-refractivity contribution >= 4 is 17.4 Å². The molecule has 0 saturated carbocycles. The third kappa shape index (κ3) is 2.29. The number of ketones is 1. The van der Waals surface area contributed by atoms with Gasteiger partial charge < -0.3 is 5.11 Å². The first-order chi connectivity index (χ1) is 6.08. The van der Waals surface area contributed by atoms with Crippen LogP contribution in [0.15, 0.2) is 30.3 Å². The Morgan fingerprint density at radius 1 is 1.46 bits per heavy atom. The lowest BCUT2D eigenvalue weighted by atomic mass is 10.0. The monoisotopic (exact) mass is 198 g/mol. The summed E-state index contributed by atoms with van der Waals surface area (Å²) in [6, 6.07) is 8.53. The zero-order valence-electron chi connectivity index (χ0n) is 7.33. The van der Waals surface area contributed by atoms with E-state index < -0.39 is 10.8 Å². The first-order valence-corrected chi connectivity index (χ1v) is 4.47. The molecule has 0 amide bonds. The Bertz CT molecular complexity index is 293. The van der Waals surface area contributed by atoms with Gasteiger partial charge in [-0.25, -0.2) is 0 Å². The van der Waals surface area contributed by atoms with Crippen molar-refractivity contribution < 1.29 is 9.90 Å². The van der Waals surface area contributed by atoms with Crippen LogP contribution in [-0.4, -0.2) is 16.0 Å². The van der Waals surface area contributed by atoms with E-state index in [1.54, 1.807) is 37.3 Å². The van der Waals surface area contributed by atoms with E-state index in [4.69, 9.17) is 11.6 Å². The van der Waals surface area contributed by atoms with Crippen LogP contribution in [0.1, 0.15) is 23.7 Å². The van der Waals surface area contributed by atoms with Crippen LogP contribution in [0.25, 0.3) is 0 Å². The average molecular weight is 199 g/mol. The predicted molar refractivity (Wildman–Crippen MR) is 51.9 cm³/mol. The average Bonchev–Trinajstić information content (AvgIpc) is 2.18. The molecule has 1 aromatic rings. The number of carbonyl (C=O) groups excluding carboxylic acids is 1. The van der Waals surface area contributed by atoms with Gasteiger partial charge in [0.1, 0.15) is 0 Å². The number of halogens is 1. The van der Waals surface area contributed by atoms with E-state index in [1.807, 2.05) is 0 Å². The van der Waals surface area contributed by atoms with E-state index in [0.717, 1.165) is 0 Å². The van der Waals surface area contributed by atoms with Gasteiger partial charge >= 0.3 is 0 Å². The molecule has 0 fully saturated rings. The minimum Gasteiger partial charge on any atom is -0.368 e. The van der Waals surface area contributed by atoms with Crippen molar-refractivity contribution in [1.82, 2.24) is 0 Å². The summed E-state index contributed by atoms with van der Waals surface area (Å²) in [4.78, 5) is 11.5. The maximum Gasteiger partial charge on any atom is 0.209 e. The van der Waals surface area contributed by atoms with Crippen molar-refractivity contribution in [3.8, 4) is 0 Å². The van der Waals surface area contributed by atoms with Crippen molar-refractivity contribution in [2.45, 2.75) is 18.4 Å². The first kappa shape index (κ1) is 10.2. The van der Waals surface area contributed by atoms with Crippen LogP contribution < -0.4 is 0 Å². The second-order valence-electron chi connectivity index (χ2n) is 2.81. The highest BCUT2D eigenvalue weighted by molar-refractivity contribution is 6.36. The number of carbonyl (C=O) groups is 1. The molecule has 0 aliphatic heterocycles. The zero-order valence-corrected chi connectivity index (χ0v) is 8.08. The number of aliphatic hydroxyl groups is 1. The fourth-order valence-electron chi connectivity index (χ4n) is 0.971. The van der Waals surface area contributed by atoms with E-state index in [9.17, 15) is 9.90 Å². The van der Waals surface area contributed by atoms with Crippen LogP contribution in [0.2, 0.25) is 0 Å². The molecule has 2 nitrogen and oxygen atoms in total. The number of hydrogen-bond donors (Lipinski definition) is 1. The third-order valence-corrected chi connectivity index (χ3v) is 2.29. The largest absolute Gasteiger partial charge is 0.368 e. The minimum absolute atomic E-state index is 0.197. The van der Waals surface area contributed by atoms with Crippen LogP contribution in [0.5, 0.6) is 0 Å². The van der Waals surface area contributed by atoms with Crippen molar-refractivity contribution in [1.29, 1.82) is 0 Å². The highest BCUT2D eigenvalue weighted by Crippen LogP contribution is 2.21. The molecule has 0 bridgehead atoms. The predicted octanol–water partition coefficient (Wildman–Crippen LogP) is 2.21. The van der Waals surface area contributed by atoms with Gasteiger partial charge in [0.2, 0.25) is 10.8 Å². The van der Waals surface area contributed by atoms with E-state index >= 15 is 0 Å². The lowest BCUT2D eigenvalue weighted by Gasteiger charge is -2.16. The Balaban J connectivity index is 2.93. The normalized spacial score (nSPS) is 15.0. The molecule has 1 N–H and O–H groups in total. The Morgan fingerprint density at radius 3 is 2.46 bits per heavy atom. The summed E-state index contributed by atoms with van der Waals surface area (Å²) in [5.74, 6) is -0.447. The minimum atomic E-state index is -1.76. The van der Waals surface area contributed by atoms with Gasteiger partial charge in [-0.05, 0) is 6.42 Å². The van der Waals surface area contributed by atoms with E-state index in [2.05, 4.69) is 0 Å². The van der Waals surface area contributed by atoms with E-state index in [0.29, 0.717) is 5.56 Å². The van der Waals surface area contributed by atoms with Crippen LogP contribution in [0.4, 0.5) is 0 Å². The summed E-state index contributed by atoms with van der Waals surface area (Å²) in [5, 5.41) is 7.70. The van der Waals surface area contributed by atoms with Crippen LogP contribution in [0.3, 0.4) is 0 Å². The third-order valence-electron chi connectivity index (χ3n) is 1.85. The molecule has 0 saturated heterocycles. The van der Waals surface area contributed by atoms with Gasteiger partial charge in [0.05, 0.1) is 0 Å². The van der Waals surface area contributed by atoms with Crippen molar-refractivity contribution in [3.05, 3.63) is 35.9 Å². The number of benzene rings is 1. The standard InChI is InChI=1S/C10H11ClO2/c1-2-10(11,13)9(12)8-6-4-3-5-7-8/h3-7,13H,2H2,1H3/t10-/m0/s1. The summed E-state index contributed by atoms with van der Waals surface area (Å²) < 4.78 is 0. The quantitative estimate of drug-likeness (QED) is 0.597. The molecule has 1 aromatic carbocycles. The molecule has 70 valence electrons. The molecule has 0 aliphatic carbocycles. The zero-order chi connectivity index (χ0) is 9.90. The lowest BCUT2D eigenvalue weighted by molar-refractivity contribution is 0.0632. The first-order valence-electron chi connectivity index (χ1n) is 4.09. The van der Waals surface area contributed by atoms with Gasteiger partial charge in [0.15, 0.2) is 0 Å². The number of rotatable bonds is 3. The Morgan fingerprint density at radius 2 is 2.00 bits per heavy atom. The highest BCUT2D eigenvalue weighted by Gasteiger charge is 2.31. The number of alkyl halides is 1. The molecule has 0 spiro atoms. The molecule has 13 heavy (non-hydrogen) atoms. The highest BCUT2D eigenvalue weighted by atomic mass is 35.5. The van der Waals surface area contributed by atoms with Crippen LogP contribution in [-0.2, 0) is 0 Å². The maximum absolute atomic E-state index is 11.5. The second-order valence-corrected chi connectivity index (χ2v) is 3.43. The van der Waals surface area contributed by atoms with Gasteiger partial charge in [-0.1, -0.05) is 48.9 Å². The second kappa shape index (κ2) is 3.90. The molecule has 3 heteroatoms. The molecule has 0 aliphatic rings. The van der Waals surface area contributed by atoms with Crippen molar-refractivity contribution in [2.24, 2.45) is 0 Å². The fraction of sp³-hybridized carbons (Fsp3) is 0.300. The molecule has 1 atom stereocenters. The van der Waals surface area contributed by atoms with Crippen molar-refractivity contribution in [3.63, 3.8) is 0 Å². The summed E-state index contributed by atoms with van der Waals surface area (Å²) in [6.45, 7) is 1.66. The molecule has 0 heterocycles. The summed E-state index contributed by atoms with van der Waals surface area (Å²) in [6.07, 6.45) is 0.197. The van der Waals surface area contributed by atoms with E-state index in [1.165, 1.54) is 0 Å². The lowest BCUT2D eigenvalue weighted by Crippen LogP contribution is -2.31. The smallest absolute Gasteiger partial charge is 0.209 e. The van der Waals surface area contributed by atoms with Gasteiger partial charge in [-0.2, -0.15) is 0 Å². The maximum atomic E-state index is 11.5. The topological polar surface area (TPSA) is 37.3 Å². The van der Waals surface area contributed by atoms with Gasteiger partial charge in [-0.3, -0.25) is 4.79 Å². The van der Waals surface area contributed by atoms with Crippen molar-refractivity contribution in [2.75, 3.05) is 0 Å². The van der Waals surface area contributed by atoms with Gasteiger partial charge in [0, 0.05) is 5.56 Å². The molecular formula is C10H11ClO2. The summed E-state index contributed by atoms with van der Waals surface area (Å²) in [7, 11) is 0. The Kier molecular flexibility index (Phi) is 3.07. The summed E-state index contributed by atoms with van der Waals surface area (Å²) in [5.41, 5.74) is 0.432.